The maximum absolute atomic E-state index is 13.1. The predicted octanol–water partition coefficient (Wildman–Crippen LogP) is 4.09. The lowest BCUT2D eigenvalue weighted by Crippen LogP contribution is -2.53. The van der Waals surface area contributed by atoms with Crippen LogP contribution in [0.3, 0.4) is 0 Å². The first-order valence-corrected chi connectivity index (χ1v) is 11.2. The quantitative estimate of drug-likeness (QED) is 0.654. The number of alkyl halides is 3. The normalized spacial score (nSPS) is 16.6. The number of carbonyl (C=O) groups is 1. The van der Waals surface area contributed by atoms with Crippen LogP contribution in [0, 0.1) is 5.92 Å². The van der Waals surface area contributed by atoms with Crippen molar-refractivity contribution in [3.8, 4) is 11.6 Å². The second kappa shape index (κ2) is 9.66. The minimum Gasteiger partial charge on any atom is -0.489 e. The summed E-state index contributed by atoms with van der Waals surface area (Å²) in [6.45, 7) is 4.46. The number of nitrogens with zero attached hydrogens (tertiary/aromatic N) is 2. The van der Waals surface area contributed by atoms with E-state index in [4.69, 9.17) is 9.47 Å². The van der Waals surface area contributed by atoms with Crippen LogP contribution >= 0.6 is 0 Å². The van der Waals surface area contributed by atoms with E-state index in [0.717, 1.165) is 55.9 Å². The first-order chi connectivity index (χ1) is 16.2. The van der Waals surface area contributed by atoms with Gasteiger partial charge in [-0.1, -0.05) is 11.6 Å². The molecule has 4 rings (SSSR count). The molecule has 0 spiro atoms. The first kappa shape index (κ1) is 24.1. The monoisotopic (exact) mass is 475 g/mol. The minimum atomic E-state index is -4.49. The number of halogens is 3. The van der Waals surface area contributed by atoms with Gasteiger partial charge in [-0.2, -0.15) is 13.2 Å². The molecule has 0 unspecified atom stereocenters. The van der Waals surface area contributed by atoms with Gasteiger partial charge >= 0.3 is 6.18 Å². The molecule has 9 heteroatoms. The van der Waals surface area contributed by atoms with Crippen LogP contribution in [0.1, 0.15) is 35.6 Å². The lowest BCUT2D eigenvalue weighted by molar-refractivity contribution is -0.138. The molecule has 1 N–H and O–H groups in total. The Morgan fingerprint density at radius 2 is 2.00 bits per heavy atom. The fourth-order valence-corrected chi connectivity index (χ4v) is 4.53. The highest BCUT2D eigenvalue weighted by Gasteiger charge is 2.33. The number of ether oxygens (including phenoxy) is 2. The molecule has 2 aliphatic rings. The van der Waals surface area contributed by atoms with Crippen molar-refractivity contribution >= 4 is 11.5 Å². The van der Waals surface area contributed by atoms with Gasteiger partial charge in [0.05, 0.1) is 24.2 Å². The highest BCUT2D eigenvalue weighted by atomic mass is 19.4. The number of fused-ring (bicyclic) bond motifs is 1. The van der Waals surface area contributed by atoms with Crippen LogP contribution in [0.15, 0.2) is 36.0 Å². The summed E-state index contributed by atoms with van der Waals surface area (Å²) in [5.74, 6) is 0.874. The summed E-state index contributed by atoms with van der Waals surface area (Å²) >= 11 is 0. The van der Waals surface area contributed by atoms with E-state index >= 15 is 0 Å². The van der Waals surface area contributed by atoms with Crippen LogP contribution in [0.2, 0.25) is 0 Å². The van der Waals surface area contributed by atoms with E-state index in [2.05, 4.69) is 22.1 Å². The number of amides is 1. The summed E-state index contributed by atoms with van der Waals surface area (Å²) in [5.41, 5.74) is 4.32. The molecule has 0 radical (unpaired) electrons. The number of hydrogen-bond acceptors (Lipinski definition) is 5. The highest BCUT2D eigenvalue weighted by Crippen LogP contribution is 2.35. The first-order valence-electron chi connectivity index (χ1n) is 11.2. The van der Waals surface area contributed by atoms with Gasteiger partial charge in [0.2, 0.25) is 11.8 Å². The van der Waals surface area contributed by atoms with E-state index in [1.54, 1.807) is 7.05 Å². The second-order valence-electron chi connectivity index (χ2n) is 8.73. The smallest absolute Gasteiger partial charge is 0.417 e. The molecule has 1 amide bonds. The maximum atomic E-state index is 13.1. The zero-order chi connectivity index (χ0) is 24.5. The largest absolute Gasteiger partial charge is 0.489 e. The molecule has 0 atom stereocenters. The molecule has 1 aromatic carbocycles. The Labute approximate surface area is 196 Å². The third kappa shape index (κ3) is 5.04. The number of nitrogens with one attached hydrogen (secondary N) is 1. The van der Waals surface area contributed by atoms with Gasteiger partial charge in [-0.3, -0.25) is 9.69 Å². The van der Waals surface area contributed by atoms with Crippen molar-refractivity contribution in [2.45, 2.75) is 32.5 Å². The lowest BCUT2D eigenvalue weighted by Gasteiger charge is -2.39. The number of carbonyl (C=O) groups excluding carboxylic acids is 1. The molecule has 0 bridgehead atoms. The van der Waals surface area contributed by atoms with Crippen LogP contribution in [-0.2, 0) is 24.0 Å². The number of methoxy groups -OCH3 is 1. The van der Waals surface area contributed by atoms with Gasteiger partial charge in [0.1, 0.15) is 12.4 Å². The zero-order valence-electron chi connectivity index (χ0n) is 19.5. The van der Waals surface area contributed by atoms with Crippen molar-refractivity contribution in [1.29, 1.82) is 0 Å². The number of rotatable bonds is 7. The van der Waals surface area contributed by atoms with Crippen molar-refractivity contribution in [2.24, 2.45) is 5.92 Å². The lowest BCUT2D eigenvalue weighted by atomic mass is 9.85. The summed E-state index contributed by atoms with van der Waals surface area (Å²) < 4.78 is 50.1. The van der Waals surface area contributed by atoms with Crippen LogP contribution in [0.4, 0.5) is 13.2 Å². The van der Waals surface area contributed by atoms with Crippen LogP contribution in [0.5, 0.6) is 11.6 Å². The number of aromatic nitrogens is 1. The Balaban J connectivity index is 1.43. The number of pyridine rings is 1. The summed E-state index contributed by atoms with van der Waals surface area (Å²) in [4.78, 5) is 17.8. The van der Waals surface area contributed by atoms with E-state index in [-0.39, 0.29) is 29.9 Å². The molecule has 2 heterocycles. The summed E-state index contributed by atoms with van der Waals surface area (Å²) in [5, 5.41) is 2.70. The maximum Gasteiger partial charge on any atom is 0.417 e. The molecule has 1 aliphatic carbocycles. The summed E-state index contributed by atoms with van der Waals surface area (Å²) in [6, 6.07) is 6.80. The molecule has 6 nitrogen and oxygen atoms in total. The van der Waals surface area contributed by atoms with Crippen LogP contribution in [-0.4, -0.2) is 49.6 Å². The molecule has 1 fully saturated rings. The number of benzene rings is 1. The molecule has 182 valence electrons. The van der Waals surface area contributed by atoms with E-state index in [1.165, 1.54) is 18.3 Å². The van der Waals surface area contributed by atoms with Crippen molar-refractivity contribution < 1.29 is 27.4 Å². The Bertz CT molecular complexity index is 1110. The third-order valence-electron chi connectivity index (χ3n) is 6.54. The van der Waals surface area contributed by atoms with Gasteiger partial charge in [-0.15, -0.1) is 0 Å². The Morgan fingerprint density at radius 3 is 2.68 bits per heavy atom. The van der Waals surface area contributed by atoms with Gasteiger partial charge in [-0.25, -0.2) is 4.98 Å². The molecule has 2 aromatic rings. The SMILES string of the molecule is CNC(=O)C1CN(CC2=C(C)c3ccc(OCc4cc(C(F)(F)F)cnc4OC)cc3CC2)C1. The van der Waals surface area contributed by atoms with Gasteiger partial charge in [-0.05, 0) is 54.7 Å². The Kier molecular flexibility index (Phi) is 6.84. The van der Waals surface area contributed by atoms with Crippen LogP contribution < -0.4 is 14.8 Å². The van der Waals surface area contributed by atoms with Gasteiger partial charge in [0.15, 0.2) is 0 Å². The predicted molar refractivity (Wildman–Crippen MR) is 121 cm³/mol. The molecule has 34 heavy (non-hydrogen) atoms. The molecule has 1 aliphatic heterocycles. The van der Waals surface area contributed by atoms with Crippen molar-refractivity contribution in [2.75, 3.05) is 33.8 Å². The molecular formula is C25H28F3N3O3. The van der Waals surface area contributed by atoms with E-state index in [9.17, 15) is 18.0 Å². The van der Waals surface area contributed by atoms with Crippen LogP contribution in [0.25, 0.3) is 5.57 Å². The molecule has 0 saturated carbocycles. The van der Waals surface area contributed by atoms with Crippen molar-refractivity contribution in [3.63, 3.8) is 0 Å². The average Bonchev–Trinajstić information content (AvgIpc) is 2.79. The number of hydrogen-bond donors (Lipinski definition) is 1. The Hall–Kier alpha value is -3.07. The number of aryl methyl sites for hydroxylation is 1. The van der Waals surface area contributed by atoms with E-state index in [0.29, 0.717) is 5.75 Å². The molecule has 1 saturated heterocycles. The summed E-state index contributed by atoms with van der Waals surface area (Å²) in [6.07, 6.45) is -1.94. The highest BCUT2D eigenvalue weighted by molar-refractivity contribution is 5.79. The van der Waals surface area contributed by atoms with Crippen molar-refractivity contribution in [1.82, 2.24) is 15.2 Å². The van der Waals surface area contributed by atoms with Gasteiger partial charge in [0.25, 0.3) is 0 Å². The Morgan fingerprint density at radius 1 is 1.24 bits per heavy atom. The minimum absolute atomic E-state index is 0.0761. The standard InChI is InChI=1S/C25H28F3N3O3/c1-15-17(11-31-12-19(13-31)23(32)29-2)5-4-16-9-21(6-7-22(15)16)34-14-18-8-20(25(26,27)28)10-30-24(18)33-3/h6-10,19H,4-5,11-14H2,1-3H3,(H,29,32). The zero-order valence-corrected chi connectivity index (χ0v) is 19.5. The fraction of sp³-hybridized carbons (Fsp3) is 0.440. The molecular weight excluding hydrogens is 447 g/mol. The summed E-state index contributed by atoms with van der Waals surface area (Å²) in [7, 11) is 3.03. The number of likely N-dealkylation sites (tertiary alicyclic amines) is 1. The van der Waals surface area contributed by atoms with E-state index < -0.39 is 11.7 Å². The second-order valence-corrected chi connectivity index (χ2v) is 8.73. The number of allylic oxidation sites excluding steroid dienone is 1. The average molecular weight is 476 g/mol. The van der Waals surface area contributed by atoms with E-state index in [1.807, 2.05) is 18.2 Å². The third-order valence-corrected chi connectivity index (χ3v) is 6.54. The van der Waals surface area contributed by atoms with Crippen molar-refractivity contribution in [3.05, 3.63) is 58.3 Å². The fourth-order valence-electron chi connectivity index (χ4n) is 4.53. The topological polar surface area (TPSA) is 63.7 Å². The molecule has 1 aromatic heterocycles. The van der Waals surface area contributed by atoms with Gasteiger partial charge in [0, 0.05) is 32.9 Å². The van der Waals surface area contributed by atoms with Gasteiger partial charge < -0.3 is 14.8 Å².